The summed E-state index contributed by atoms with van der Waals surface area (Å²) in [6.45, 7) is 0.364. The Morgan fingerprint density at radius 1 is 1.00 bits per heavy atom. The lowest BCUT2D eigenvalue weighted by atomic mass is 9.94. The van der Waals surface area contributed by atoms with Crippen molar-refractivity contribution < 1.29 is 9.53 Å². The second-order valence-corrected chi connectivity index (χ2v) is 13.1. The smallest absolute Gasteiger partial charge is 0.266 e. The van der Waals surface area contributed by atoms with E-state index in [1.54, 1.807) is 11.8 Å². The molecule has 3 fully saturated rings. The molecule has 196 valence electrons. The Morgan fingerprint density at radius 2 is 1.65 bits per heavy atom. The van der Waals surface area contributed by atoms with Crippen LogP contribution in [0.25, 0.3) is 6.08 Å². The molecule has 0 atom stereocenters. The molecule has 0 spiro atoms. The first-order valence-corrected chi connectivity index (χ1v) is 15.9. The van der Waals surface area contributed by atoms with Crippen LogP contribution >= 0.6 is 55.2 Å². The van der Waals surface area contributed by atoms with E-state index in [9.17, 15) is 4.79 Å². The number of halogens is 3. The number of thioether (sulfide) groups is 1. The quantitative estimate of drug-likeness (QED) is 0.289. The fraction of sp³-hybridized carbons (Fsp3) is 0.448. The van der Waals surface area contributed by atoms with E-state index < -0.39 is 0 Å². The van der Waals surface area contributed by atoms with Gasteiger partial charge in [0, 0.05) is 16.6 Å². The molecule has 0 N–H and O–H groups in total. The zero-order valence-electron chi connectivity index (χ0n) is 20.7. The number of nitrogens with zero attached hydrogens (tertiary/aromatic N) is 2. The topological polar surface area (TPSA) is 41.9 Å². The summed E-state index contributed by atoms with van der Waals surface area (Å²) in [5.74, 6) is 0.800. The zero-order chi connectivity index (χ0) is 25.8. The molecule has 2 aromatic rings. The average molecular weight is 667 g/mol. The van der Waals surface area contributed by atoms with Gasteiger partial charge in [0.15, 0.2) is 5.17 Å². The number of rotatable bonds is 6. The third kappa shape index (κ3) is 6.66. The van der Waals surface area contributed by atoms with Crippen molar-refractivity contribution in [2.45, 2.75) is 82.9 Å². The largest absolute Gasteiger partial charge is 0.486 e. The maximum absolute atomic E-state index is 13.7. The second-order valence-electron chi connectivity index (χ2n) is 9.97. The van der Waals surface area contributed by atoms with Crippen molar-refractivity contribution in [2.75, 3.05) is 0 Å². The number of amides is 1. The van der Waals surface area contributed by atoms with Crippen LogP contribution in [0.15, 0.2) is 55.2 Å². The lowest BCUT2D eigenvalue weighted by Gasteiger charge is -2.31. The molecular formula is C29H31Br2ClN2O2S. The molecule has 8 heteroatoms. The summed E-state index contributed by atoms with van der Waals surface area (Å²) >= 11 is 15.2. The standard InChI is InChI=1S/C29H31Br2ClN2O2S/c30-23-15-19(16-24(31)27(23)36-18-20-9-7-8-14-25(20)32)17-26-28(35)34(22-12-5-2-6-13-22)29(37-26)33-21-10-3-1-4-11-21/h7-9,14-17,21-22H,1-6,10-13,18H2. The predicted molar refractivity (Wildman–Crippen MR) is 161 cm³/mol. The number of ether oxygens (including phenoxy) is 1. The highest BCUT2D eigenvalue weighted by Gasteiger charge is 2.39. The maximum Gasteiger partial charge on any atom is 0.266 e. The Bertz CT molecular complexity index is 1180. The molecule has 0 aromatic heterocycles. The number of hydrogen-bond donors (Lipinski definition) is 0. The van der Waals surface area contributed by atoms with E-state index in [0.29, 0.717) is 23.4 Å². The van der Waals surface area contributed by atoms with Gasteiger partial charge in [0.2, 0.25) is 0 Å². The van der Waals surface area contributed by atoms with E-state index in [1.165, 1.54) is 38.5 Å². The van der Waals surface area contributed by atoms with Crippen LogP contribution in [-0.4, -0.2) is 28.1 Å². The van der Waals surface area contributed by atoms with Gasteiger partial charge in [0.05, 0.1) is 19.9 Å². The first kappa shape index (κ1) is 27.3. The van der Waals surface area contributed by atoms with Gasteiger partial charge in [-0.05, 0) is 99.1 Å². The molecule has 37 heavy (non-hydrogen) atoms. The maximum atomic E-state index is 13.7. The van der Waals surface area contributed by atoms with Crippen molar-refractivity contribution in [1.29, 1.82) is 0 Å². The molecular weight excluding hydrogens is 636 g/mol. The monoisotopic (exact) mass is 664 g/mol. The minimum absolute atomic E-state index is 0.0951. The minimum atomic E-state index is 0.0951. The summed E-state index contributed by atoms with van der Waals surface area (Å²) in [5.41, 5.74) is 1.86. The Kier molecular flexibility index (Phi) is 9.38. The van der Waals surface area contributed by atoms with Gasteiger partial charge in [0.25, 0.3) is 5.91 Å². The van der Waals surface area contributed by atoms with E-state index >= 15 is 0 Å². The number of carbonyl (C=O) groups excluding carboxylic acids is 1. The molecule has 2 saturated carbocycles. The van der Waals surface area contributed by atoms with Gasteiger partial charge in [-0.3, -0.25) is 14.7 Å². The van der Waals surface area contributed by atoms with Gasteiger partial charge < -0.3 is 4.74 Å². The summed E-state index contributed by atoms with van der Waals surface area (Å²) in [4.78, 5) is 21.6. The number of amidine groups is 1. The van der Waals surface area contributed by atoms with Crippen molar-refractivity contribution in [3.05, 3.63) is 66.4 Å². The Balaban J connectivity index is 1.38. The lowest BCUT2D eigenvalue weighted by molar-refractivity contribution is -0.124. The van der Waals surface area contributed by atoms with E-state index in [-0.39, 0.29) is 11.9 Å². The van der Waals surface area contributed by atoms with Crippen molar-refractivity contribution in [1.82, 2.24) is 4.90 Å². The Hall–Kier alpha value is -1.28. The van der Waals surface area contributed by atoms with Gasteiger partial charge in [-0.1, -0.05) is 68.3 Å². The first-order valence-electron chi connectivity index (χ1n) is 13.2. The molecule has 0 radical (unpaired) electrons. The highest BCUT2D eigenvalue weighted by atomic mass is 79.9. The van der Waals surface area contributed by atoms with Gasteiger partial charge in [0.1, 0.15) is 12.4 Å². The zero-order valence-corrected chi connectivity index (χ0v) is 25.5. The van der Waals surface area contributed by atoms with E-state index in [1.807, 2.05) is 47.4 Å². The molecule has 1 aliphatic heterocycles. The molecule has 1 amide bonds. The van der Waals surface area contributed by atoms with E-state index in [0.717, 1.165) is 55.8 Å². The lowest BCUT2D eigenvalue weighted by Crippen LogP contribution is -2.41. The van der Waals surface area contributed by atoms with Crippen LogP contribution < -0.4 is 4.74 Å². The molecule has 2 aliphatic carbocycles. The van der Waals surface area contributed by atoms with Crippen LogP contribution in [0.4, 0.5) is 0 Å². The summed E-state index contributed by atoms with van der Waals surface area (Å²) < 4.78 is 7.71. The number of aliphatic imine (C=N–C) groups is 1. The minimum Gasteiger partial charge on any atom is -0.486 e. The van der Waals surface area contributed by atoms with Crippen molar-refractivity contribution in [3.8, 4) is 5.75 Å². The van der Waals surface area contributed by atoms with Gasteiger partial charge >= 0.3 is 0 Å². The van der Waals surface area contributed by atoms with E-state index in [4.69, 9.17) is 21.3 Å². The van der Waals surface area contributed by atoms with Crippen LogP contribution in [0.3, 0.4) is 0 Å². The van der Waals surface area contributed by atoms with Crippen LogP contribution in [0.1, 0.15) is 75.3 Å². The summed E-state index contributed by atoms with van der Waals surface area (Å²) in [6.07, 6.45) is 13.8. The average Bonchev–Trinajstić information content (AvgIpc) is 3.19. The van der Waals surface area contributed by atoms with Crippen molar-refractivity contribution in [2.24, 2.45) is 4.99 Å². The first-order chi connectivity index (χ1) is 18.0. The fourth-order valence-electron chi connectivity index (χ4n) is 5.32. The van der Waals surface area contributed by atoms with Crippen LogP contribution in [0.5, 0.6) is 5.75 Å². The normalized spacial score (nSPS) is 21.8. The van der Waals surface area contributed by atoms with Gasteiger partial charge in [-0.15, -0.1) is 0 Å². The molecule has 5 rings (SSSR count). The number of hydrogen-bond acceptors (Lipinski definition) is 4. The molecule has 0 unspecified atom stereocenters. The number of benzene rings is 2. The molecule has 1 heterocycles. The number of carbonyl (C=O) groups is 1. The van der Waals surface area contributed by atoms with Gasteiger partial charge in [-0.2, -0.15) is 0 Å². The molecule has 2 aromatic carbocycles. The summed E-state index contributed by atoms with van der Waals surface area (Å²) in [7, 11) is 0. The molecule has 4 nitrogen and oxygen atoms in total. The highest BCUT2D eigenvalue weighted by molar-refractivity contribution is 9.11. The van der Waals surface area contributed by atoms with Gasteiger partial charge in [-0.25, -0.2) is 0 Å². The molecule has 3 aliphatic rings. The van der Waals surface area contributed by atoms with E-state index in [2.05, 4.69) is 31.9 Å². The summed E-state index contributed by atoms with van der Waals surface area (Å²) in [6, 6.07) is 12.3. The fourth-order valence-corrected chi connectivity index (χ4v) is 8.07. The highest BCUT2D eigenvalue weighted by Crippen LogP contribution is 2.41. The Morgan fingerprint density at radius 3 is 2.32 bits per heavy atom. The van der Waals surface area contributed by atoms with Crippen LogP contribution in [-0.2, 0) is 11.4 Å². The third-order valence-electron chi connectivity index (χ3n) is 7.29. The van der Waals surface area contributed by atoms with Crippen LogP contribution in [0, 0.1) is 0 Å². The van der Waals surface area contributed by atoms with Crippen molar-refractivity contribution >= 4 is 72.4 Å². The summed E-state index contributed by atoms with van der Waals surface area (Å²) in [5, 5.41) is 1.59. The predicted octanol–water partition coefficient (Wildman–Crippen LogP) is 9.38. The van der Waals surface area contributed by atoms with Crippen molar-refractivity contribution in [3.63, 3.8) is 0 Å². The molecule has 1 saturated heterocycles. The Labute approximate surface area is 245 Å². The van der Waals surface area contributed by atoms with Crippen LogP contribution in [0.2, 0.25) is 5.02 Å². The second kappa shape index (κ2) is 12.7. The SMILES string of the molecule is O=C1C(=Cc2cc(Br)c(OCc3ccccc3Cl)c(Br)c2)SC(=NC2CCCCC2)N1C1CCCCC1. The molecule has 0 bridgehead atoms. The third-order valence-corrected chi connectivity index (χ3v) is 9.84.